The van der Waals surface area contributed by atoms with Gasteiger partial charge in [0.15, 0.2) is 0 Å². The molecule has 0 radical (unpaired) electrons. The minimum Gasteiger partial charge on any atom is -0.395 e. The fraction of sp³-hybridized carbons (Fsp3) is 0.889. The highest BCUT2D eigenvalue weighted by molar-refractivity contribution is 5.78. The van der Waals surface area contributed by atoms with Crippen LogP contribution in [0.25, 0.3) is 0 Å². The summed E-state index contributed by atoms with van der Waals surface area (Å²) in [6.45, 7) is 3.59. The highest BCUT2D eigenvalue weighted by Crippen LogP contribution is 2.21. The van der Waals surface area contributed by atoms with Gasteiger partial charge in [-0.1, -0.05) is 13.3 Å². The molecule has 1 aliphatic heterocycles. The van der Waals surface area contributed by atoms with Gasteiger partial charge in [-0.15, -0.1) is 0 Å². The van der Waals surface area contributed by atoms with Crippen molar-refractivity contribution >= 4 is 5.91 Å². The lowest BCUT2D eigenvalue weighted by Gasteiger charge is -2.14. The fourth-order valence-electron chi connectivity index (χ4n) is 1.79. The molecule has 1 atom stereocenters. The van der Waals surface area contributed by atoms with Crippen LogP contribution >= 0.6 is 0 Å². The first kappa shape index (κ1) is 9.52. The Labute approximate surface area is 73.4 Å². The van der Waals surface area contributed by atoms with Gasteiger partial charge in [0.25, 0.3) is 0 Å². The molecule has 3 heteroatoms. The summed E-state index contributed by atoms with van der Waals surface area (Å²) in [5.74, 6) is 0.747. The predicted octanol–water partition coefficient (Wildman–Crippen LogP) is 0.627. The third-order valence-corrected chi connectivity index (χ3v) is 2.36. The van der Waals surface area contributed by atoms with E-state index in [0.29, 0.717) is 18.9 Å². The molecule has 1 amide bonds. The number of carbonyl (C=O) groups excluding carboxylic acids is 1. The van der Waals surface area contributed by atoms with E-state index >= 15 is 0 Å². The molecule has 0 saturated carbocycles. The van der Waals surface area contributed by atoms with Gasteiger partial charge < -0.3 is 10.0 Å². The van der Waals surface area contributed by atoms with Crippen LogP contribution < -0.4 is 0 Å². The van der Waals surface area contributed by atoms with Gasteiger partial charge >= 0.3 is 0 Å². The Balaban J connectivity index is 2.34. The van der Waals surface area contributed by atoms with Crippen LogP contribution in [0.2, 0.25) is 0 Å². The van der Waals surface area contributed by atoms with E-state index in [1.807, 2.05) is 0 Å². The van der Waals surface area contributed by atoms with Gasteiger partial charge in [0, 0.05) is 19.5 Å². The van der Waals surface area contributed by atoms with Gasteiger partial charge in [-0.05, 0) is 12.3 Å². The zero-order valence-corrected chi connectivity index (χ0v) is 7.62. The fourth-order valence-corrected chi connectivity index (χ4v) is 1.79. The first-order chi connectivity index (χ1) is 5.77. The van der Waals surface area contributed by atoms with Crippen molar-refractivity contribution in [2.75, 3.05) is 19.7 Å². The van der Waals surface area contributed by atoms with Crippen LogP contribution in [-0.4, -0.2) is 35.6 Å². The summed E-state index contributed by atoms with van der Waals surface area (Å²) >= 11 is 0. The molecule has 3 nitrogen and oxygen atoms in total. The Morgan fingerprint density at radius 2 is 2.42 bits per heavy atom. The van der Waals surface area contributed by atoms with Gasteiger partial charge in [-0.3, -0.25) is 4.79 Å². The second-order valence-electron chi connectivity index (χ2n) is 3.42. The number of likely N-dealkylation sites (tertiary alicyclic amines) is 1. The molecule has 12 heavy (non-hydrogen) atoms. The molecular weight excluding hydrogens is 154 g/mol. The van der Waals surface area contributed by atoms with Crippen LogP contribution in [0.1, 0.15) is 26.2 Å². The van der Waals surface area contributed by atoms with Crippen molar-refractivity contribution in [1.29, 1.82) is 0 Å². The number of β-amino-alcohol motifs (C(OH)–C–C–N with tert-alkyl or cyclic N) is 1. The first-order valence-electron chi connectivity index (χ1n) is 4.66. The monoisotopic (exact) mass is 171 g/mol. The predicted molar refractivity (Wildman–Crippen MR) is 46.7 cm³/mol. The summed E-state index contributed by atoms with van der Waals surface area (Å²) in [6, 6.07) is 0. The topological polar surface area (TPSA) is 40.5 Å². The summed E-state index contributed by atoms with van der Waals surface area (Å²) < 4.78 is 0. The van der Waals surface area contributed by atoms with E-state index in [4.69, 9.17) is 5.11 Å². The molecule has 0 aliphatic carbocycles. The Hall–Kier alpha value is -0.570. The second-order valence-corrected chi connectivity index (χ2v) is 3.42. The van der Waals surface area contributed by atoms with E-state index in [1.165, 1.54) is 0 Å². The van der Waals surface area contributed by atoms with Crippen molar-refractivity contribution in [1.82, 2.24) is 4.90 Å². The summed E-state index contributed by atoms with van der Waals surface area (Å²) in [5.41, 5.74) is 0. The molecule has 70 valence electrons. The maximum atomic E-state index is 11.3. The van der Waals surface area contributed by atoms with Crippen molar-refractivity contribution in [2.45, 2.75) is 26.2 Å². The normalized spacial score (nSPS) is 23.7. The standard InChI is InChI=1S/C9H17NO2/c1-2-3-8-6-9(12)10(7-8)4-5-11/h8,11H,2-7H2,1H3. The Bertz CT molecular complexity index is 159. The lowest BCUT2D eigenvalue weighted by atomic mass is 10.0. The van der Waals surface area contributed by atoms with E-state index in [1.54, 1.807) is 4.90 Å². The zero-order valence-electron chi connectivity index (χ0n) is 7.62. The molecule has 1 rings (SSSR count). The van der Waals surface area contributed by atoms with Gasteiger partial charge in [0.05, 0.1) is 6.61 Å². The molecule has 1 saturated heterocycles. The Morgan fingerprint density at radius 3 is 3.00 bits per heavy atom. The molecule has 1 heterocycles. The second kappa shape index (κ2) is 4.45. The quantitative estimate of drug-likeness (QED) is 0.674. The van der Waals surface area contributed by atoms with E-state index in [2.05, 4.69) is 6.92 Å². The zero-order chi connectivity index (χ0) is 8.97. The number of amides is 1. The third kappa shape index (κ3) is 2.21. The molecule has 1 aliphatic rings. The lowest BCUT2D eigenvalue weighted by molar-refractivity contribution is -0.128. The highest BCUT2D eigenvalue weighted by Gasteiger charge is 2.27. The van der Waals surface area contributed by atoms with Gasteiger partial charge in [-0.2, -0.15) is 0 Å². The Morgan fingerprint density at radius 1 is 1.67 bits per heavy atom. The van der Waals surface area contributed by atoms with Gasteiger partial charge in [-0.25, -0.2) is 0 Å². The van der Waals surface area contributed by atoms with Crippen LogP contribution in [0.3, 0.4) is 0 Å². The van der Waals surface area contributed by atoms with Crippen molar-refractivity contribution in [3.05, 3.63) is 0 Å². The summed E-state index contributed by atoms with van der Waals surface area (Å²) in [5, 5.41) is 8.67. The van der Waals surface area contributed by atoms with Crippen LogP contribution in [0.5, 0.6) is 0 Å². The number of hydrogen-bond acceptors (Lipinski definition) is 2. The lowest BCUT2D eigenvalue weighted by Crippen LogP contribution is -2.28. The van der Waals surface area contributed by atoms with Crippen LogP contribution in [0.15, 0.2) is 0 Å². The number of nitrogens with zero attached hydrogens (tertiary/aromatic N) is 1. The van der Waals surface area contributed by atoms with Crippen molar-refractivity contribution in [3.8, 4) is 0 Å². The van der Waals surface area contributed by atoms with Crippen molar-refractivity contribution in [2.24, 2.45) is 5.92 Å². The van der Waals surface area contributed by atoms with E-state index in [9.17, 15) is 4.79 Å². The molecule has 0 spiro atoms. The average molecular weight is 171 g/mol. The van der Waals surface area contributed by atoms with Crippen LogP contribution in [0, 0.1) is 5.92 Å². The first-order valence-corrected chi connectivity index (χ1v) is 4.66. The van der Waals surface area contributed by atoms with E-state index < -0.39 is 0 Å². The molecule has 0 aromatic heterocycles. The molecular formula is C9H17NO2. The van der Waals surface area contributed by atoms with Crippen molar-refractivity contribution in [3.63, 3.8) is 0 Å². The summed E-state index contributed by atoms with van der Waals surface area (Å²) in [4.78, 5) is 13.0. The maximum absolute atomic E-state index is 11.3. The largest absolute Gasteiger partial charge is 0.395 e. The van der Waals surface area contributed by atoms with Crippen LogP contribution in [0.4, 0.5) is 0 Å². The van der Waals surface area contributed by atoms with Gasteiger partial charge in [0.2, 0.25) is 5.91 Å². The molecule has 1 fully saturated rings. The number of hydrogen-bond donors (Lipinski definition) is 1. The van der Waals surface area contributed by atoms with Crippen molar-refractivity contribution < 1.29 is 9.90 Å². The minimum absolute atomic E-state index is 0.0879. The average Bonchev–Trinajstić information content (AvgIpc) is 2.34. The van der Waals surface area contributed by atoms with E-state index in [0.717, 1.165) is 19.4 Å². The molecule has 1 unspecified atom stereocenters. The third-order valence-electron chi connectivity index (χ3n) is 2.36. The maximum Gasteiger partial charge on any atom is 0.223 e. The molecule has 0 aromatic carbocycles. The van der Waals surface area contributed by atoms with Gasteiger partial charge in [0.1, 0.15) is 0 Å². The number of aliphatic hydroxyl groups excluding tert-OH is 1. The molecule has 0 bridgehead atoms. The molecule has 1 N–H and O–H groups in total. The summed E-state index contributed by atoms with van der Waals surface area (Å²) in [7, 11) is 0. The summed E-state index contributed by atoms with van der Waals surface area (Å²) in [6.07, 6.45) is 2.96. The number of aliphatic hydroxyl groups is 1. The highest BCUT2D eigenvalue weighted by atomic mass is 16.3. The SMILES string of the molecule is CCCC1CC(=O)N(CCO)C1. The number of carbonyl (C=O) groups is 1. The Kier molecular flexibility index (Phi) is 3.53. The minimum atomic E-state index is 0.0879. The van der Waals surface area contributed by atoms with Crippen LogP contribution in [-0.2, 0) is 4.79 Å². The number of rotatable bonds is 4. The smallest absolute Gasteiger partial charge is 0.223 e. The molecule has 0 aromatic rings. The van der Waals surface area contributed by atoms with E-state index in [-0.39, 0.29) is 12.5 Å².